The Morgan fingerprint density at radius 3 is 2.42 bits per heavy atom. The lowest BCUT2D eigenvalue weighted by molar-refractivity contribution is -0.130. The van der Waals surface area contributed by atoms with Crippen molar-refractivity contribution in [3.8, 4) is 11.1 Å². The Labute approximate surface area is 195 Å². The average Bonchev–Trinajstić information content (AvgIpc) is 3.36. The molecule has 7 heteroatoms. The lowest BCUT2D eigenvalue weighted by Crippen LogP contribution is -2.53. The van der Waals surface area contributed by atoms with Crippen molar-refractivity contribution in [1.82, 2.24) is 24.7 Å². The lowest BCUT2D eigenvalue weighted by atomic mass is 9.98. The van der Waals surface area contributed by atoms with Gasteiger partial charge in [0.2, 0.25) is 5.91 Å². The van der Waals surface area contributed by atoms with Crippen molar-refractivity contribution in [3.05, 3.63) is 78.4 Å². The molecule has 1 aliphatic rings. The van der Waals surface area contributed by atoms with E-state index in [2.05, 4.69) is 75.2 Å². The molecule has 0 atom stereocenters. The number of carbonyl (C=O) groups is 1. The van der Waals surface area contributed by atoms with Gasteiger partial charge < -0.3 is 19.7 Å². The molecule has 1 fully saturated rings. The molecular weight excluding hydrogens is 412 g/mol. The van der Waals surface area contributed by atoms with E-state index in [-0.39, 0.29) is 5.91 Å². The number of hydrogen-bond acceptors (Lipinski definition) is 3. The van der Waals surface area contributed by atoms with E-state index in [4.69, 9.17) is 4.99 Å². The summed E-state index contributed by atoms with van der Waals surface area (Å²) < 4.78 is 2.07. The number of aliphatic imine (C=N–C) groups is 1. The zero-order chi connectivity index (χ0) is 23.0. The highest BCUT2D eigenvalue weighted by Gasteiger charge is 2.21. The van der Waals surface area contributed by atoms with E-state index in [1.54, 1.807) is 13.1 Å². The minimum atomic E-state index is 0.140. The number of rotatable bonds is 6. The zero-order valence-corrected chi connectivity index (χ0v) is 19.4. The van der Waals surface area contributed by atoms with Gasteiger partial charge in [0.25, 0.3) is 0 Å². The van der Waals surface area contributed by atoms with E-state index in [1.165, 1.54) is 22.3 Å². The van der Waals surface area contributed by atoms with Crippen LogP contribution in [0.5, 0.6) is 0 Å². The molecule has 0 aliphatic carbocycles. The zero-order valence-electron chi connectivity index (χ0n) is 19.4. The fourth-order valence-corrected chi connectivity index (χ4v) is 4.14. The van der Waals surface area contributed by atoms with E-state index < -0.39 is 0 Å². The summed E-state index contributed by atoms with van der Waals surface area (Å²) in [5.74, 6) is 1.05. The molecule has 0 bridgehead atoms. The molecule has 1 saturated heterocycles. The van der Waals surface area contributed by atoms with E-state index in [0.29, 0.717) is 6.54 Å². The predicted octanol–water partition coefficient (Wildman–Crippen LogP) is 3.23. The van der Waals surface area contributed by atoms with Crippen LogP contribution in [-0.4, -0.2) is 63.9 Å². The van der Waals surface area contributed by atoms with Crippen molar-refractivity contribution in [2.75, 3.05) is 32.7 Å². The van der Waals surface area contributed by atoms with Crippen molar-refractivity contribution in [2.24, 2.45) is 4.99 Å². The molecular formula is C26H32N6O. The van der Waals surface area contributed by atoms with Gasteiger partial charge in [-0.1, -0.05) is 48.5 Å². The Bertz CT molecular complexity index is 1070. The molecule has 7 nitrogen and oxygen atoms in total. The molecule has 1 aliphatic heterocycles. The monoisotopic (exact) mass is 444 g/mol. The number of benzene rings is 2. The van der Waals surface area contributed by atoms with Crippen molar-refractivity contribution in [3.63, 3.8) is 0 Å². The number of guanidine groups is 1. The molecule has 0 saturated carbocycles. The largest absolute Gasteiger partial charge is 0.357 e. The van der Waals surface area contributed by atoms with Gasteiger partial charge in [-0.05, 0) is 29.2 Å². The van der Waals surface area contributed by atoms with Gasteiger partial charge in [-0.2, -0.15) is 0 Å². The Hall–Kier alpha value is -3.61. The third-order valence-electron chi connectivity index (χ3n) is 5.97. The predicted molar refractivity (Wildman–Crippen MR) is 132 cm³/mol. The van der Waals surface area contributed by atoms with E-state index in [0.717, 1.165) is 45.2 Å². The summed E-state index contributed by atoms with van der Waals surface area (Å²) in [6.07, 6.45) is 5.61. The Kier molecular flexibility index (Phi) is 7.40. The minimum Gasteiger partial charge on any atom is -0.357 e. The molecule has 2 aromatic carbocycles. The number of nitrogens with one attached hydrogen (secondary N) is 1. The van der Waals surface area contributed by atoms with Crippen LogP contribution in [0.25, 0.3) is 11.1 Å². The number of carbonyl (C=O) groups excluding carboxylic acids is 1. The first-order chi connectivity index (χ1) is 16.1. The third kappa shape index (κ3) is 5.80. The van der Waals surface area contributed by atoms with Crippen LogP contribution < -0.4 is 5.32 Å². The highest BCUT2D eigenvalue weighted by molar-refractivity contribution is 5.81. The fraction of sp³-hybridized carbons (Fsp3) is 0.346. The summed E-state index contributed by atoms with van der Waals surface area (Å²) in [6.45, 7) is 9.01. The van der Waals surface area contributed by atoms with Crippen LogP contribution >= 0.6 is 0 Å². The second-order valence-corrected chi connectivity index (χ2v) is 8.25. The van der Waals surface area contributed by atoms with Crippen molar-refractivity contribution >= 4 is 11.9 Å². The molecule has 33 heavy (non-hydrogen) atoms. The van der Waals surface area contributed by atoms with Crippen molar-refractivity contribution < 1.29 is 4.79 Å². The highest BCUT2D eigenvalue weighted by atomic mass is 16.2. The topological polar surface area (TPSA) is 65.8 Å². The highest BCUT2D eigenvalue weighted by Crippen LogP contribution is 2.25. The van der Waals surface area contributed by atoms with Gasteiger partial charge in [0.05, 0.1) is 12.9 Å². The lowest BCUT2D eigenvalue weighted by Gasteiger charge is -2.36. The van der Waals surface area contributed by atoms with Gasteiger partial charge in [-0.15, -0.1) is 0 Å². The quantitative estimate of drug-likeness (QED) is 0.468. The van der Waals surface area contributed by atoms with Gasteiger partial charge in [0.1, 0.15) is 0 Å². The number of imidazole rings is 1. The van der Waals surface area contributed by atoms with Crippen LogP contribution in [0.3, 0.4) is 0 Å². The van der Waals surface area contributed by atoms with E-state index in [1.807, 2.05) is 17.4 Å². The van der Waals surface area contributed by atoms with Crippen LogP contribution in [0.1, 0.15) is 25.0 Å². The molecule has 1 aromatic heterocycles. The number of hydrogen-bond donors (Lipinski definition) is 1. The van der Waals surface area contributed by atoms with Gasteiger partial charge in [0.15, 0.2) is 5.96 Å². The summed E-state index contributed by atoms with van der Waals surface area (Å²) in [5.41, 5.74) is 4.83. The van der Waals surface area contributed by atoms with Crippen molar-refractivity contribution in [1.29, 1.82) is 0 Å². The Morgan fingerprint density at radius 1 is 1.03 bits per heavy atom. The molecule has 3 aromatic rings. The standard InChI is InChI=1S/C26H32N6O/c1-3-28-26(32-16-14-31(15-17-32)21(2)33)29-18-24-6-4-5-7-25(24)23-10-8-22(9-11-23)19-30-13-12-27-20-30/h4-13,20H,3,14-19H2,1-2H3,(H,28,29). The molecule has 2 heterocycles. The average molecular weight is 445 g/mol. The summed E-state index contributed by atoms with van der Waals surface area (Å²) in [7, 11) is 0. The molecule has 1 N–H and O–H groups in total. The van der Waals surface area contributed by atoms with E-state index in [9.17, 15) is 4.79 Å². The normalized spacial score (nSPS) is 14.4. The smallest absolute Gasteiger partial charge is 0.219 e. The second kappa shape index (κ2) is 10.8. The SMILES string of the molecule is CCNC(=NCc1ccccc1-c1ccc(Cn2ccnc2)cc1)N1CCN(C(C)=O)CC1. The molecule has 0 radical (unpaired) electrons. The first-order valence-corrected chi connectivity index (χ1v) is 11.6. The second-order valence-electron chi connectivity index (χ2n) is 8.25. The van der Waals surface area contributed by atoms with Gasteiger partial charge in [0, 0.05) is 58.6 Å². The number of amides is 1. The first kappa shape index (κ1) is 22.6. The summed E-state index contributed by atoms with van der Waals surface area (Å²) in [5, 5.41) is 3.42. The maximum absolute atomic E-state index is 11.6. The summed E-state index contributed by atoms with van der Waals surface area (Å²) >= 11 is 0. The molecule has 172 valence electrons. The van der Waals surface area contributed by atoms with Crippen LogP contribution in [0.15, 0.2) is 72.2 Å². The Morgan fingerprint density at radius 2 is 1.76 bits per heavy atom. The summed E-state index contributed by atoms with van der Waals surface area (Å²) in [4.78, 5) is 24.8. The molecule has 0 unspecified atom stereocenters. The van der Waals surface area contributed by atoms with Gasteiger partial charge >= 0.3 is 0 Å². The van der Waals surface area contributed by atoms with Gasteiger partial charge in [-0.3, -0.25) is 4.79 Å². The third-order valence-corrected chi connectivity index (χ3v) is 5.97. The maximum atomic E-state index is 11.6. The van der Waals surface area contributed by atoms with Crippen LogP contribution in [0, 0.1) is 0 Å². The number of aromatic nitrogens is 2. The minimum absolute atomic E-state index is 0.140. The van der Waals surface area contributed by atoms with E-state index >= 15 is 0 Å². The summed E-state index contributed by atoms with van der Waals surface area (Å²) in [6, 6.07) is 17.2. The number of piperazine rings is 1. The number of nitrogens with zero attached hydrogens (tertiary/aromatic N) is 5. The maximum Gasteiger partial charge on any atom is 0.219 e. The van der Waals surface area contributed by atoms with Crippen LogP contribution in [0.2, 0.25) is 0 Å². The molecule has 4 rings (SSSR count). The van der Waals surface area contributed by atoms with Crippen LogP contribution in [0.4, 0.5) is 0 Å². The molecule has 1 amide bonds. The fourth-order valence-electron chi connectivity index (χ4n) is 4.14. The van der Waals surface area contributed by atoms with Gasteiger partial charge in [-0.25, -0.2) is 9.98 Å². The van der Waals surface area contributed by atoms with Crippen LogP contribution in [-0.2, 0) is 17.9 Å². The van der Waals surface area contributed by atoms with Crippen molar-refractivity contribution in [2.45, 2.75) is 26.9 Å². The molecule has 0 spiro atoms. The Balaban J connectivity index is 1.48. The first-order valence-electron chi connectivity index (χ1n) is 11.6.